The van der Waals surface area contributed by atoms with Gasteiger partial charge in [0.25, 0.3) is 10.1 Å². The monoisotopic (exact) mass is 206 g/mol. The van der Waals surface area contributed by atoms with Gasteiger partial charge >= 0.3 is 0 Å². The highest BCUT2D eigenvalue weighted by atomic mass is 32.2. The Balaban J connectivity index is 2.27. The van der Waals surface area contributed by atoms with Gasteiger partial charge < -0.3 is 0 Å². The summed E-state index contributed by atoms with van der Waals surface area (Å²) in [6, 6.07) is 0. The molecule has 4 heteroatoms. The SMILES string of the molecule is O=S(=O)(O)CCC1CCCCCC1. The smallest absolute Gasteiger partial charge is 0.264 e. The first-order chi connectivity index (χ1) is 6.08. The minimum absolute atomic E-state index is 0.0579. The summed E-state index contributed by atoms with van der Waals surface area (Å²) in [5.41, 5.74) is 0. The zero-order chi connectivity index (χ0) is 9.73. The third-order valence-electron chi connectivity index (χ3n) is 2.76. The summed E-state index contributed by atoms with van der Waals surface area (Å²) < 4.78 is 29.6. The molecule has 0 radical (unpaired) electrons. The fourth-order valence-electron chi connectivity index (χ4n) is 1.97. The molecule has 1 aliphatic rings. The lowest BCUT2D eigenvalue weighted by atomic mass is 9.98. The molecule has 0 bridgehead atoms. The Bertz CT molecular complexity index is 225. The first-order valence-corrected chi connectivity index (χ1v) is 6.64. The second kappa shape index (κ2) is 4.96. The van der Waals surface area contributed by atoms with Gasteiger partial charge in [-0.05, 0) is 12.3 Å². The molecule has 0 aromatic rings. The van der Waals surface area contributed by atoms with Crippen LogP contribution in [0.4, 0.5) is 0 Å². The van der Waals surface area contributed by atoms with Gasteiger partial charge in [0.05, 0.1) is 5.75 Å². The lowest BCUT2D eigenvalue weighted by molar-refractivity contribution is 0.429. The van der Waals surface area contributed by atoms with Crippen molar-refractivity contribution in [1.82, 2.24) is 0 Å². The van der Waals surface area contributed by atoms with Crippen LogP contribution in [-0.2, 0) is 10.1 Å². The third-order valence-corrected chi connectivity index (χ3v) is 3.51. The highest BCUT2D eigenvalue weighted by molar-refractivity contribution is 7.85. The fraction of sp³-hybridized carbons (Fsp3) is 1.00. The molecule has 0 heterocycles. The summed E-state index contributed by atoms with van der Waals surface area (Å²) in [6.07, 6.45) is 7.90. The summed E-state index contributed by atoms with van der Waals surface area (Å²) in [5.74, 6) is 0.460. The molecule has 0 saturated heterocycles. The van der Waals surface area contributed by atoms with Crippen LogP contribution < -0.4 is 0 Å². The maximum Gasteiger partial charge on any atom is 0.264 e. The third kappa shape index (κ3) is 5.26. The van der Waals surface area contributed by atoms with Crippen LogP contribution in [0.1, 0.15) is 44.9 Å². The van der Waals surface area contributed by atoms with Crippen LogP contribution in [0.5, 0.6) is 0 Å². The molecule has 0 spiro atoms. The minimum Gasteiger partial charge on any atom is -0.286 e. The van der Waals surface area contributed by atoms with Crippen LogP contribution in [0.2, 0.25) is 0 Å². The Labute approximate surface area is 80.3 Å². The van der Waals surface area contributed by atoms with Crippen LogP contribution in [0.25, 0.3) is 0 Å². The number of hydrogen-bond acceptors (Lipinski definition) is 2. The second-order valence-corrected chi connectivity index (χ2v) is 5.50. The Morgan fingerprint density at radius 2 is 1.62 bits per heavy atom. The molecule has 1 saturated carbocycles. The van der Waals surface area contributed by atoms with Gasteiger partial charge in [-0.25, -0.2) is 0 Å². The Morgan fingerprint density at radius 3 is 2.08 bits per heavy atom. The molecule has 3 nitrogen and oxygen atoms in total. The van der Waals surface area contributed by atoms with Crippen LogP contribution in [0, 0.1) is 5.92 Å². The van der Waals surface area contributed by atoms with Crippen molar-refractivity contribution in [3.05, 3.63) is 0 Å². The Morgan fingerprint density at radius 1 is 1.08 bits per heavy atom. The molecular weight excluding hydrogens is 188 g/mol. The van der Waals surface area contributed by atoms with E-state index in [0.717, 1.165) is 12.8 Å². The largest absolute Gasteiger partial charge is 0.286 e. The van der Waals surface area contributed by atoms with Crippen molar-refractivity contribution in [2.45, 2.75) is 44.9 Å². The summed E-state index contributed by atoms with van der Waals surface area (Å²) in [6.45, 7) is 0. The maximum absolute atomic E-state index is 10.5. The average Bonchev–Trinajstić information content (AvgIpc) is 2.26. The average molecular weight is 206 g/mol. The summed E-state index contributed by atoms with van der Waals surface area (Å²) in [4.78, 5) is 0. The van der Waals surface area contributed by atoms with E-state index in [0.29, 0.717) is 12.3 Å². The quantitative estimate of drug-likeness (QED) is 0.569. The molecule has 0 unspecified atom stereocenters. The van der Waals surface area contributed by atoms with E-state index in [1.807, 2.05) is 0 Å². The van der Waals surface area contributed by atoms with E-state index in [2.05, 4.69) is 0 Å². The van der Waals surface area contributed by atoms with E-state index >= 15 is 0 Å². The molecule has 0 aliphatic heterocycles. The van der Waals surface area contributed by atoms with Crippen molar-refractivity contribution >= 4 is 10.1 Å². The zero-order valence-corrected chi connectivity index (χ0v) is 8.72. The van der Waals surface area contributed by atoms with Crippen LogP contribution in [-0.4, -0.2) is 18.7 Å². The van der Waals surface area contributed by atoms with E-state index in [1.165, 1.54) is 25.7 Å². The first kappa shape index (κ1) is 11.0. The van der Waals surface area contributed by atoms with Crippen molar-refractivity contribution in [3.63, 3.8) is 0 Å². The van der Waals surface area contributed by atoms with E-state index in [1.54, 1.807) is 0 Å². The molecule has 0 amide bonds. The second-order valence-electron chi connectivity index (χ2n) is 3.93. The predicted octanol–water partition coefficient (Wildman–Crippen LogP) is 2.23. The topological polar surface area (TPSA) is 54.4 Å². The molecule has 1 rings (SSSR count). The maximum atomic E-state index is 10.5. The van der Waals surface area contributed by atoms with E-state index in [9.17, 15) is 8.42 Å². The Kier molecular flexibility index (Phi) is 4.19. The first-order valence-electron chi connectivity index (χ1n) is 5.03. The van der Waals surface area contributed by atoms with Crippen LogP contribution >= 0.6 is 0 Å². The highest BCUT2D eigenvalue weighted by Gasteiger charge is 2.15. The van der Waals surface area contributed by atoms with Gasteiger partial charge in [0.15, 0.2) is 0 Å². The molecule has 1 fully saturated rings. The van der Waals surface area contributed by atoms with Crippen molar-refractivity contribution in [1.29, 1.82) is 0 Å². The molecule has 0 aromatic heterocycles. The van der Waals surface area contributed by atoms with Gasteiger partial charge in [-0.2, -0.15) is 8.42 Å². The fourth-order valence-corrected chi connectivity index (χ4v) is 2.60. The number of rotatable bonds is 3. The van der Waals surface area contributed by atoms with E-state index in [4.69, 9.17) is 4.55 Å². The lowest BCUT2D eigenvalue weighted by Crippen LogP contribution is -2.09. The van der Waals surface area contributed by atoms with Crippen molar-refractivity contribution < 1.29 is 13.0 Å². The van der Waals surface area contributed by atoms with Gasteiger partial charge in [-0.15, -0.1) is 0 Å². The van der Waals surface area contributed by atoms with E-state index < -0.39 is 10.1 Å². The molecule has 0 atom stereocenters. The summed E-state index contributed by atoms with van der Waals surface area (Å²) in [5, 5.41) is 0. The van der Waals surface area contributed by atoms with E-state index in [-0.39, 0.29) is 5.75 Å². The Hall–Kier alpha value is -0.0900. The number of hydrogen-bond donors (Lipinski definition) is 1. The lowest BCUT2D eigenvalue weighted by Gasteiger charge is -2.11. The molecule has 1 aliphatic carbocycles. The molecule has 13 heavy (non-hydrogen) atoms. The summed E-state index contributed by atoms with van der Waals surface area (Å²) in [7, 11) is -3.74. The standard InChI is InChI=1S/C9H18O3S/c10-13(11,12)8-7-9-5-3-1-2-4-6-9/h9H,1-8H2,(H,10,11,12). The molecule has 1 N–H and O–H groups in total. The molecule has 78 valence electrons. The van der Waals surface area contributed by atoms with Crippen LogP contribution in [0.15, 0.2) is 0 Å². The molecule has 0 aromatic carbocycles. The van der Waals surface area contributed by atoms with Gasteiger partial charge in [-0.3, -0.25) is 4.55 Å². The summed E-state index contributed by atoms with van der Waals surface area (Å²) >= 11 is 0. The molecular formula is C9H18O3S. The van der Waals surface area contributed by atoms with Gasteiger partial charge in [0.1, 0.15) is 0 Å². The van der Waals surface area contributed by atoms with Crippen LogP contribution in [0.3, 0.4) is 0 Å². The van der Waals surface area contributed by atoms with Gasteiger partial charge in [0.2, 0.25) is 0 Å². The van der Waals surface area contributed by atoms with Crippen molar-refractivity contribution in [2.24, 2.45) is 5.92 Å². The van der Waals surface area contributed by atoms with Gasteiger partial charge in [0, 0.05) is 0 Å². The highest BCUT2D eigenvalue weighted by Crippen LogP contribution is 2.25. The van der Waals surface area contributed by atoms with Crippen molar-refractivity contribution in [3.8, 4) is 0 Å². The minimum atomic E-state index is -3.74. The van der Waals surface area contributed by atoms with Gasteiger partial charge in [-0.1, -0.05) is 38.5 Å². The predicted molar refractivity (Wildman–Crippen MR) is 52.2 cm³/mol. The zero-order valence-electron chi connectivity index (χ0n) is 7.91. The van der Waals surface area contributed by atoms with Crippen molar-refractivity contribution in [2.75, 3.05) is 5.75 Å². The normalized spacial score (nSPS) is 21.3.